The minimum Gasteiger partial charge on any atom is -0.497 e. The molecule has 1 heterocycles. The summed E-state index contributed by atoms with van der Waals surface area (Å²) in [5.41, 5.74) is 3.35. The van der Waals surface area contributed by atoms with Crippen molar-refractivity contribution in [2.24, 2.45) is 4.99 Å². The van der Waals surface area contributed by atoms with E-state index in [9.17, 15) is 4.39 Å². The predicted molar refractivity (Wildman–Crippen MR) is 117 cm³/mol. The van der Waals surface area contributed by atoms with Gasteiger partial charge in [-0.05, 0) is 47.9 Å². The lowest BCUT2D eigenvalue weighted by Gasteiger charge is -2.35. The first-order valence-electron chi connectivity index (χ1n) is 10.3. The standard InChI is InChI=1S/C23H31FN4O2/c1-17-12-18(14-21(13-17)29-3)15-26-23(25-2)27-16-22(28-8-10-30-11-9-28)19-4-6-20(24)7-5-19/h4-7,12-14,22H,8-11,15-16H2,1-3H3,(H2,25,26,27). The summed E-state index contributed by atoms with van der Waals surface area (Å²) in [6, 6.07) is 13.0. The van der Waals surface area contributed by atoms with E-state index in [1.165, 1.54) is 12.1 Å². The summed E-state index contributed by atoms with van der Waals surface area (Å²) >= 11 is 0. The van der Waals surface area contributed by atoms with Gasteiger partial charge in [-0.2, -0.15) is 0 Å². The summed E-state index contributed by atoms with van der Waals surface area (Å²) in [5.74, 6) is 1.34. The molecule has 2 aromatic carbocycles. The van der Waals surface area contributed by atoms with Gasteiger partial charge in [0.25, 0.3) is 0 Å². The Balaban J connectivity index is 1.64. The number of methoxy groups -OCH3 is 1. The van der Waals surface area contributed by atoms with E-state index in [-0.39, 0.29) is 11.9 Å². The number of benzene rings is 2. The summed E-state index contributed by atoms with van der Waals surface area (Å²) in [4.78, 5) is 6.72. The molecule has 1 fully saturated rings. The van der Waals surface area contributed by atoms with Crippen LogP contribution in [0.25, 0.3) is 0 Å². The highest BCUT2D eigenvalue weighted by Gasteiger charge is 2.23. The Bertz CT molecular complexity index is 836. The van der Waals surface area contributed by atoms with Crippen LogP contribution in [0.3, 0.4) is 0 Å². The molecular weight excluding hydrogens is 383 g/mol. The third-order valence-electron chi connectivity index (χ3n) is 5.23. The Hall–Kier alpha value is -2.64. The fourth-order valence-corrected chi connectivity index (χ4v) is 3.68. The van der Waals surface area contributed by atoms with Crippen LogP contribution in [0.1, 0.15) is 22.7 Å². The topological polar surface area (TPSA) is 58.1 Å². The number of nitrogens with one attached hydrogen (secondary N) is 2. The monoisotopic (exact) mass is 414 g/mol. The van der Waals surface area contributed by atoms with E-state index in [1.54, 1.807) is 14.2 Å². The average molecular weight is 415 g/mol. The van der Waals surface area contributed by atoms with Gasteiger partial charge in [0.1, 0.15) is 11.6 Å². The predicted octanol–water partition coefficient (Wildman–Crippen LogP) is 2.88. The number of hydrogen-bond acceptors (Lipinski definition) is 4. The Labute approximate surface area is 178 Å². The van der Waals surface area contributed by atoms with E-state index >= 15 is 0 Å². The molecule has 1 saturated heterocycles. The molecule has 3 rings (SSSR count). The van der Waals surface area contributed by atoms with Crippen molar-refractivity contribution in [2.75, 3.05) is 47.0 Å². The van der Waals surface area contributed by atoms with Gasteiger partial charge in [0.15, 0.2) is 5.96 Å². The highest BCUT2D eigenvalue weighted by molar-refractivity contribution is 5.79. The van der Waals surface area contributed by atoms with Crippen molar-refractivity contribution in [1.82, 2.24) is 15.5 Å². The van der Waals surface area contributed by atoms with Crippen LogP contribution in [0.5, 0.6) is 5.75 Å². The highest BCUT2D eigenvalue weighted by atomic mass is 19.1. The number of guanidine groups is 1. The van der Waals surface area contributed by atoms with Gasteiger partial charge in [0, 0.05) is 33.2 Å². The van der Waals surface area contributed by atoms with Gasteiger partial charge >= 0.3 is 0 Å². The molecule has 0 bridgehead atoms. The molecule has 162 valence electrons. The maximum Gasteiger partial charge on any atom is 0.191 e. The molecule has 2 aromatic rings. The van der Waals surface area contributed by atoms with Crippen LogP contribution in [0.15, 0.2) is 47.5 Å². The van der Waals surface area contributed by atoms with Crippen LogP contribution in [0.4, 0.5) is 4.39 Å². The number of morpholine rings is 1. The molecule has 0 aromatic heterocycles. The number of aliphatic imine (C=N–C) groups is 1. The molecule has 30 heavy (non-hydrogen) atoms. The fourth-order valence-electron chi connectivity index (χ4n) is 3.68. The zero-order valence-corrected chi connectivity index (χ0v) is 18.0. The van der Waals surface area contributed by atoms with Crippen molar-refractivity contribution in [1.29, 1.82) is 0 Å². The van der Waals surface area contributed by atoms with E-state index in [1.807, 2.05) is 24.3 Å². The molecule has 0 aliphatic carbocycles. The van der Waals surface area contributed by atoms with Crippen LogP contribution in [0, 0.1) is 12.7 Å². The largest absolute Gasteiger partial charge is 0.497 e. The summed E-state index contributed by atoms with van der Waals surface area (Å²) < 4.78 is 24.3. The Morgan fingerprint density at radius 1 is 1.17 bits per heavy atom. The van der Waals surface area contributed by atoms with Gasteiger partial charge in [-0.15, -0.1) is 0 Å². The lowest BCUT2D eigenvalue weighted by atomic mass is 10.0. The minimum atomic E-state index is -0.224. The van der Waals surface area contributed by atoms with E-state index < -0.39 is 0 Å². The third-order valence-corrected chi connectivity index (χ3v) is 5.23. The summed E-state index contributed by atoms with van der Waals surface area (Å²) in [6.07, 6.45) is 0. The zero-order valence-electron chi connectivity index (χ0n) is 18.0. The van der Waals surface area contributed by atoms with E-state index in [4.69, 9.17) is 9.47 Å². The van der Waals surface area contributed by atoms with Crippen molar-refractivity contribution in [2.45, 2.75) is 19.5 Å². The molecule has 0 amide bonds. The quantitative estimate of drug-likeness (QED) is 0.539. The van der Waals surface area contributed by atoms with Gasteiger partial charge in [-0.3, -0.25) is 9.89 Å². The van der Waals surface area contributed by atoms with E-state index in [0.717, 1.165) is 41.5 Å². The maximum absolute atomic E-state index is 13.4. The number of hydrogen-bond donors (Lipinski definition) is 2. The van der Waals surface area contributed by atoms with Crippen molar-refractivity contribution >= 4 is 5.96 Å². The van der Waals surface area contributed by atoms with Crippen molar-refractivity contribution < 1.29 is 13.9 Å². The molecule has 6 nitrogen and oxygen atoms in total. The first-order chi connectivity index (χ1) is 14.6. The van der Waals surface area contributed by atoms with Gasteiger partial charge < -0.3 is 20.1 Å². The molecule has 1 unspecified atom stereocenters. The second-order valence-corrected chi connectivity index (χ2v) is 7.38. The minimum absolute atomic E-state index is 0.104. The van der Waals surface area contributed by atoms with Crippen molar-refractivity contribution in [3.63, 3.8) is 0 Å². The lowest BCUT2D eigenvalue weighted by Crippen LogP contribution is -2.46. The number of aryl methyl sites for hydroxylation is 1. The number of ether oxygens (including phenoxy) is 2. The summed E-state index contributed by atoms with van der Waals surface area (Å²) in [6.45, 7) is 6.45. The van der Waals surface area contributed by atoms with Crippen LogP contribution < -0.4 is 15.4 Å². The summed E-state index contributed by atoms with van der Waals surface area (Å²) in [5, 5.41) is 6.79. The van der Waals surface area contributed by atoms with Gasteiger partial charge in [0.2, 0.25) is 0 Å². The zero-order chi connectivity index (χ0) is 21.3. The second kappa shape index (κ2) is 10.9. The van der Waals surface area contributed by atoms with E-state index in [2.05, 4.69) is 33.5 Å². The Morgan fingerprint density at radius 2 is 1.90 bits per heavy atom. The van der Waals surface area contributed by atoms with Crippen LogP contribution in [-0.4, -0.2) is 57.9 Å². The normalized spacial score (nSPS) is 16.2. The third kappa shape index (κ3) is 6.18. The number of nitrogens with zero attached hydrogens (tertiary/aromatic N) is 2. The van der Waals surface area contributed by atoms with Crippen LogP contribution >= 0.6 is 0 Å². The van der Waals surface area contributed by atoms with Gasteiger partial charge in [-0.25, -0.2) is 4.39 Å². The molecule has 1 aliphatic rings. The SMILES string of the molecule is CN=C(NCc1cc(C)cc(OC)c1)NCC(c1ccc(F)cc1)N1CCOCC1. The lowest BCUT2D eigenvalue weighted by molar-refractivity contribution is 0.0170. The Morgan fingerprint density at radius 3 is 2.57 bits per heavy atom. The molecule has 2 N–H and O–H groups in total. The fraction of sp³-hybridized carbons (Fsp3) is 0.435. The highest BCUT2D eigenvalue weighted by Crippen LogP contribution is 2.22. The molecule has 1 aliphatic heterocycles. The summed E-state index contributed by atoms with van der Waals surface area (Å²) in [7, 11) is 3.43. The number of halogens is 1. The molecule has 0 spiro atoms. The molecule has 7 heteroatoms. The van der Waals surface area contributed by atoms with Gasteiger partial charge in [0.05, 0.1) is 26.4 Å². The maximum atomic E-state index is 13.4. The number of rotatable bonds is 7. The Kier molecular flexibility index (Phi) is 8.04. The van der Waals surface area contributed by atoms with Crippen LogP contribution in [-0.2, 0) is 11.3 Å². The smallest absolute Gasteiger partial charge is 0.191 e. The molecule has 1 atom stereocenters. The first kappa shape index (κ1) is 22.1. The van der Waals surface area contributed by atoms with Crippen LogP contribution in [0.2, 0.25) is 0 Å². The molecule has 0 radical (unpaired) electrons. The second-order valence-electron chi connectivity index (χ2n) is 7.38. The van der Waals surface area contributed by atoms with Gasteiger partial charge in [-0.1, -0.05) is 18.2 Å². The molecule has 0 saturated carbocycles. The average Bonchev–Trinajstić information content (AvgIpc) is 2.77. The molecular formula is C23H31FN4O2. The van der Waals surface area contributed by atoms with E-state index in [0.29, 0.717) is 26.3 Å². The first-order valence-corrected chi connectivity index (χ1v) is 10.3. The van der Waals surface area contributed by atoms with Crippen molar-refractivity contribution in [3.8, 4) is 5.75 Å². The van der Waals surface area contributed by atoms with Crippen molar-refractivity contribution in [3.05, 3.63) is 65.0 Å².